The molecule has 1 heterocycles. The fourth-order valence-corrected chi connectivity index (χ4v) is 2.11. The Morgan fingerprint density at radius 3 is 2.88 bits per heavy atom. The van der Waals surface area contributed by atoms with Crippen molar-refractivity contribution in [3.63, 3.8) is 0 Å². The smallest absolute Gasteiger partial charge is 0.129 e. The summed E-state index contributed by atoms with van der Waals surface area (Å²) < 4.78 is 0. The van der Waals surface area contributed by atoms with Crippen LogP contribution in [0.3, 0.4) is 0 Å². The van der Waals surface area contributed by atoms with Crippen LogP contribution in [0.25, 0.3) is 10.9 Å². The molecule has 3 heteroatoms. The molecule has 0 aliphatic rings. The molecule has 0 saturated carbocycles. The summed E-state index contributed by atoms with van der Waals surface area (Å²) in [6, 6.07) is 8.05. The van der Waals surface area contributed by atoms with Crippen LogP contribution in [0, 0.1) is 0 Å². The number of halogens is 1. The lowest BCUT2D eigenvalue weighted by atomic mass is 10.1. The number of rotatable bonds is 3. The zero-order valence-corrected chi connectivity index (χ0v) is 10.3. The molecular formula is C13H15ClN2. The molecule has 0 spiro atoms. The summed E-state index contributed by atoms with van der Waals surface area (Å²) in [5, 5.41) is 4.94. The van der Waals surface area contributed by atoms with Gasteiger partial charge in [-0.3, -0.25) is 0 Å². The van der Waals surface area contributed by atoms with Gasteiger partial charge in [0.25, 0.3) is 0 Å². The van der Waals surface area contributed by atoms with Crippen molar-refractivity contribution in [2.45, 2.75) is 19.8 Å². The summed E-state index contributed by atoms with van der Waals surface area (Å²) in [7, 11) is 1.89. The Hall–Kier alpha value is -1.28. The molecule has 0 amide bonds. The molecule has 0 atom stereocenters. The predicted molar refractivity (Wildman–Crippen MR) is 70.3 cm³/mol. The van der Waals surface area contributed by atoms with E-state index in [9.17, 15) is 0 Å². The van der Waals surface area contributed by atoms with Crippen LogP contribution in [0.2, 0.25) is 5.02 Å². The number of aromatic nitrogens is 1. The third-order valence-electron chi connectivity index (χ3n) is 2.63. The van der Waals surface area contributed by atoms with E-state index in [2.05, 4.69) is 23.3 Å². The topological polar surface area (TPSA) is 24.9 Å². The highest BCUT2D eigenvalue weighted by Crippen LogP contribution is 2.26. The molecule has 2 rings (SSSR count). The second kappa shape index (κ2) is 4.71. The Bertz CT molecular complexity index is 509. The number of hydrogen-bond acceptors (Lipinski definition) is 2. The first-order chi connectivity index (χ1) is 7.76. The minimum Gasteiger partial charge on any atom is -0.373 e. The number of nitrogens with one attached hydrogen (secondary N) is 1. The molecule has 2 nitrogen and oxygen atoms in total. The highest BCUT2D eigenvalue weighted by Gasteiger charge is 2.06. The fourth-order valence-electron chi connectivity index (χ4n) is 1.88. The number of anilines is 1. The molecule has 16 heavy (non-hydrogen) atoms. The molecule has 1 aromatic heterocycles. The number of para-hydroxylation sites is 1. The maximum atomic E-state index is 6.13. The maximum Gasteiger partial charge on any atom is 0.129 e. The van der Waals surface area contributed by atoms with Crippen LogP contribution in [0.15, 0.2) is 24.3 Å². The Kier molecular flexibility index (Phi) is 3.30. The summed E-state index contributed by atoms with van der Waals surface area (Å²) in [5.41, 5.74) is 2.12. The third kappa shape index (κ3) is 1.98. The van der Waals surface area contributed by atoms with Crippen molar-refractivity contribution in [2.24, 2.45) is 0 Å². The second-order valence-electron chi connectivity index (χ2n) is 3.81. The van der Waals surface area contributed by atoms with Gasteiger partial charge in [0.05, 0.1) is 10.5 Å². The number of aryl methyl sites for hydroxylation is 1. The van der Waals surface area contributed by atoms with Crippen molar-refractivity contribution in [1.29, 1.82) is 0 Å². The number of hydrogen-bond donors (Lipinski definition) is 1. The van der Waals surface area contributed by atoms with Crippen molar-refractivity contribution >= 4 is 28.3 Å². The lowest BCUT2D eigenvalue weighted by molar-refractivity contribution is 0.919. The molecule has 0 aliphatic carbocycles. The Labute approximate surface area is 101 Å². The summed E-state index contributed by atoms with van der Waals surface area (Å²) in [6.07, 6.45) is 2.15. The maximum absolute atomic E-state index is 6.13. The van der Waals surface area contributed by atoms with Crippen LogP contribution in [0.4, 0.5) is 5.82 Å². The van der Waals surface area contributed by atoms with E-state index in [1.165, 1.54) is 5.56 Å². The third-order valence-corrected chi connectivity index (χ3v) is 2.94. The van der Waals surface area contributed by atoms with Gasteiger partial charge >= 0.3 is 0 Å². The quantitative estimate of drug-likeness (QED) is 0.872. The van der Waals surface area contributed by atoms with Gasteiger partial charge in [0.1, 0.15) is 5.82 Å². The largest absolute Gasteiger partial charge is 0.373 e. The molecule has 1 aromatic carbocycles. The number of nitrogens with zero attached hydrogens (tertiary/aromatic N) is 1. The highest BCUT2D eigenvalue weighted by atomic mass is 35.5. The lowest BCUT2D eigenvalue weighted by Crippen LogP contribution is -1.99. The van der Waals surface area contributed by atoms with Crippen LogP contribution >= 0.6 is 11.6 Å². The van der Waals surface area contributed by atoms with E-state index in [1.54, 1.807) is 0 Å². The molecule has 0 aliphatic heterocycles. The normalized spacial score (nSPS) is 10.7. The minimum absolute atomic E-state index is 0.706. The van der Waals surface area contributed by atoms with E-state index in [4.69, 9.17) is 11.6 Å². The van der Waals surface area contributed by atoms with Crippen molar-refractivity contribution < 1.29 is 0 Å². The van der Waals surface area contributed by atoms with Gasteiger partial charge in [0.15, 0.2) is 0 Å². The van der Waals surface area contributed by atoms with Gasteiger partial charge < -0.3 is 5.32 Å². The van der Waals surface area contributed by atoms with Gasteiger partial charge in [-0.15, -0.1) is 0 Å². The number of benzene rings is 1. The van der Waals surface area contributed by atoms with Gasteiger partial charge in [-0.1, -0.05) is 37.1 Å². The minimum atomic E-state index is 0.706. The van der Waals surface area contributed by atoms with Crippen LogP contribution in [0.1, 0.15) is 18.9 Å². The predicted octanol–water partition coefficient (Wildman–Crippen LogP) is 3.88. The zero-order chi connectivity index (χ0) is 11.5. The van der Waals surface area contributed by atoms with Gasteiger partial charge in [-0.2, -0.15) is 0 Å². The van der Waals surface area contributed by atoms with E-state index in [0.717, 1.165) is 29.6 Å². The molecule has 1 N–H and O–H groups in total. The number of pyridine rings is 1. The SMILES string of the molecule is CCCc1cc2cccc(Cl)c2nc1NC. The van der Waals surface area contributed by atoms with Crippen molar-refractivity contribution in [3.05, 3.63) is 34.9 Å². The van der Waals surface area contributed by atoms with Crippen LogP contribution in [-0.2, 0) is 6.42 Å². The first-order valence-electron chi connectivity index (χ1n) is 5.52. The van der Waals surface area contributed by atoms with E-state index in [0.29, 0.717) is 5.02 Å². The standard InChI is InChI=1S/C13H15ClN2/c1-3-5-10-8-9-6-4-7-11(14)12(9)16-13(10)15-2/h4,6-8H,3,5H2,1-2H3,(H,15,16). The Balaban J connectivity index is 2.65. The number of fused-ring (bicyclic) bond motifs is 1. The van der Waals surface area contributed by atoms with Crippen LogP contribution in [-0.4, -0.2) is 12.0 Å². The summed E-state index contributed by atoms with van der Waals surface area (Å²) in [6.45, 7) is 2.17. The van der Waals surface area contributed by atoms with E-state index >= 15 is 0 Å². The first kappa shape index (κ1) is 11.2. The Morgan fingerprint density at radius 2 is 2.19 bits per heavy atom. The average Bonchev–Trinajstić information content (AvgIpc) is 2.29. The molecular weight excluding hydrogens is 220 g/mol. The first-order valence-corrected chi connectivity index (χ1v) is 5.90. The Morgan fingerprint density at radius 1 is 1.38 bits per heavy atom. The van der Waals surface area contributed by atoms with E-state index < -0.39 is 0 Å². The molecule has 0 fully saturated rings. The molecule has 0 radical (unpaired) electrons. The summed E-state index contributed by atoms with van der Waals surface area (Å²) >= 11 is 6.13. The van der Waals surface area contributed by atoms with Gasteiger partial charge in [-0.05, 0) is 24.1 Å². The van der Waals surface area contributed by atoms with Crippen molar-refractivity contribution in [3.8, 4) is 0 Å². The van der Waals surface area contributed by atoms with Gasteiger partial charge in [0, 0.05) is 12.4 Å². The van der Waals surface area contributed by atoms with Gasteiger partial charge in [0.2, 0.25) is 0 Å². The fraction of sp³-hybridized carbons (Fsp3) is 0.308. The average molecular weight is 235 g/mol. The molecule has 2 aromatic rings. The zero-order valence-electron chi connectivity index (χ0n) is 9.55. The van der Waals surface area contributed by atoms with Crippen molar-refractivity contribution in [1.82, 2.24) is 4.98 Å². The lowest BCUT2D eigenvalue weighted by Gasteiger charge is -2.09. The monoisotopic (exact) mass is 234 g/mol. The van der Waals surface area contributed by atoms with Crippen LogP contribution < -0.4 is 5.32 Å². The summed E-state index contributed by atoms with van der Waals surface area (Å²) in [5.74, 6) is 0.933. The van der Waals surface area contributed by atoms with E-state index in [1.807, 2.05) is 25.2 Å². The second-order valence-corrected chi connectivity index (χ2v) is 4.21. The molecule has 84 valence electrons. The van der Waals surface area contributed by atoms with E-state index in [-0.39, 0.29) is 0 Å². The molecule has 0 bridgehead atoms. The molecule has 0 saturated heterocycles. The summed E-state index contributed by atoms with van der Waals surface area (Å²) in [4.78, 5) is 4.57. The van der Waals surface area contributed by atoms with Crippen LogP contribution in [0.5, 0.6) is 0 Å². The highest BCUT2D eigenvalue weighted by molar-refractivity contribution is 6.35. The van der Waals surface area contributed by atoms with Crippen molar-refractivity contribution in [2.75, 3.05) is 12.4 Å². The van der Waals surface area contributed by atoms with Gasteiger partial charge in [-0.25, -0.2) is 4.98 Å². The molecule has 0 unspecified atom stereocenters.